The Morgan fingerprint density at radius 3 is 2.93 bits per heavy atom. The second-order valence-corrected chi connectivity index (χ2v) is 3.74. The maximum absolute atomic E-state index is 10.7. The monoisotopic (exact) mass is 192 g/mol. The Morgan fingerprint density at radius 2 is 2.50 bits per heavy atom. The second-order valence-electron chi connectivity index (χ2n) is 3.74. The molecular formula is C10H12N2O2. The van der Waals surface area contributed by atoms with Gasteiger partial charge in [-0.2, -0.15) is 5.10 Å². The molecule has 0 aliphatic heterocycles. The highest BCUT2D eigenvalue weighted by molar-refractivity contribution is 5.70. The first-order chi connectivity index (χ1) is 6.66. The van der Waals surface area contributed by atoms with E-state index in [9.17, 15) is 4.79 Å². The Bertz CT molecular complexity index is 377. The molecule has 0 bridgehead atoms. The largest absolute Gasteiger partial charge is 0.481 e. The van der Waals surface area contributed by atoms with Gasteiger partial charge in [-0.25, -0.2) is 4.68 Å². The van der Waals surface area contributed by atoms with Gasteiger partial charge in [-0.3, -0.25) is 4.79 Å². The van der Waals surface area contributed by atoms with Crippen molar-refractivity contribution in [3.63, 3.8) is 0 Å². The number of aromatic nitrogens is 2. The summed E-state index contributed by atoms with van der Waals surface area (Å²) in [5, 5.41) is 12.8. The number of carboxylic acids is 1. The molecule has 2 rings (SSSR count). The summed E-state index contributed by atoms with van der Waals surface area (Å²) in [5.74, 6) is -0.742. The molecule has 0 spiro atoms. The number of hydrogen-bond donors (Lipinski definition) is 1. The first-order valence-corrected chi connectivity index (χ1v) is 4.55. The molecule has 1 fully saturated rings. The van der Waals surface area contributed by atoms with Crippen molar-refractivity contribution < 1.29 is 9.90 Å². The van der Waals surface area contributed by atoms with Gasteiger partial charge in [-0.15, -0.1) is 0 Å². The first kappa shape index (κ1) is 8.99. The summed E-state index contributed by atoms with van der Waals surface area (Å²) in [7, 11) is 0. The van der Waals surface area contributed by atoms with Gasteiger partial charge in [0.2, 0.25) is 0 Å². The van der Waals surface area contributed by atoms with Crippen LogP contribution in [0.15, 0.2) is 19.0 Å². The molecule has 1 aromatic rings. The van der Waals surface area contributed by atoms with E-state index < -0.39 is 5.97 Å². The minimum Gasteiger partial charge on any atom is -0.481 e. The lowest BCUT2D eigenvalue weighted by molar-refractivity contribution is -0.137. The summed E-state index contributed by atoms with van der Waals surface area (Å²) in [6, 6.07) is 0. The normalized spacial score (nSPS) is 17.7. The van der Waals surface area contributed by atoms with Gasteiger partial charge in [0.25, 0.3) is 0 Å². The molecule has 1 N–H and O–H groups in total. The smallest absolute Gasteiger partial charge is 0.304 e. The van der Waals surface area contributed by atoms with Crippen LogP contribution in [0, 0.1) is 0 Å². The Labute approximate surface area is 81.9 Å². The quantitative estimate of drug-likeness (QED) is 0.786. The van der Waals surface area contributed by atoms with E-state index in [1.165, 1.54) is 0 Å². The zero-order chi connectivity index (χ0) is 10.2. The highest BCUT2D eigenvalue weighted by Gasteiger charge is 2.46. The molecule has 1 aliphatic carbocycles. The Kier molecular flexibility index (Phi) is 1.91. The third-order valence-corrected chi connectivity index (χ3v) is 2.74. The van der Waals surface area contributed by atoms with Crippen molar-refractivity contribution >= 4 is 12.2 Å². The number of carboxylic acid groups (broad SMARTS) is 1. The molecule has 0 amide bonds. The van der Waals surface area contributed by atoms with E-state index in [2.05, 4.69) is 11.7 Å². The molecule has 0 atom stereocenters. The van der Waals surface area contributed by atoms with E-state index in [0.29, 0.717) is 0 Å². The van der Waals surface area contributed by atoms with E-state index in [0.717, 1.165) is 18.4 Å². The fraction of sp³-hybridized carbons (Fsp3) is 0.400. The van der Waals surface area contributed by atoms with Crippen LogP contribution >= 0.6 is 0 Å². The molecule has 74 valence electrons. The summed E-state index contributed by atoms with van der Waals surface area (Å²) < 4.78 is 1.61. The van der Waals surface area contributed by atoms with Gasteiger partial charge in [0.1, 0.15) is 0 Å². The third kappa shape index (κ3) is 1.43. The van der Waals surface area contributed by atoms with Crippen LogP contribution in [0.2, 0.25) is 0 Å². The standard InChI is InChI=1S/C10H12N2O2/c1-2-12-7-8(6-11-12)10(3-4-10)5-9(13)14/h2,6-7H,1,3-5H2,(H,13,14). The Hall–Kier alpha value is -1.58. The summed E-state index contributed by atoms with van der Waals surface area (Å²) >= 11 is 0. The van der Waals surface area contributed by atoms with Gasteiger partial charge in [-0.1, -0.05) is 6.58 Å². The van der Waals surface area contributed by atoms with Crippen molar-refractivity contribution in [3.8, 4) is 0 Å². The highest BCUT2D eigenvalue weighted by atomic mass is 16.4. The molecular weight excluding hydrogens is 180 g/mol. The average molecular weight is 192 g/mol. The zero-order valence-electron chi connectivity index (χ0n) is 7.81. The zero-order valence-corrected chi connectivity index (χ0v) is 7.81. The van der Waals surface area contributed by atoms with Gasteiger partial charge < -0.3 is 5.11 Å². The van der Waals surface area contributed by atoms with E-state index >= 15 is 0 Å². The van der Waals surface area contributed by atoms with Gasteiger partial charge in [0, 0.05) is 17.8 Å². The van der Waals surface area contributed by atoms with Crippen LogP contribution < -0.4 is 0 Å². The predicted octanol–water partition coefficient (Wildman–Crippen LogP) is 1.49. The molecule has 0 radical (unpaired) electrons. The number of aliphatic carboxylic acids is 1. The lowest BCUT2D eigenvalue weighted by Crippen LogP contribution is -2.11. The summed E-state index contributed by atoms with van der Waals surface area (Å²) in [6.45, 7) is 3.59. The van der Waals surface area contributed by atoms with Gasteiger partial charge in [-0.05, 0) is 18.4 Å². The van der Waals surface area contributed by atoms with Crippen molar-refractivity contribution in [2.45, 2.75) is 24.7 Å². The van der Waals surface area contributed by atoms with Gasteiger partial charge >= 0.3 is 5.97 Å². The number of hydrogen-bond acceptors (Lipinski definition) is 2. The molecule has 1 aromatic heterocycles. The predicted molar refractivity (Wildman–Crippen MR) is 51.8 cm³/mol. The van der Waals surface area contributed by atoms with E-state index in [1.807, 2.05) is 6.20 Å². The maximum atomic E-state index is 10.7. The average Bonchev–Trinajstić information content (AvgIpc) is 2.76. The van der Waals surface area contributed by atoms with Crippen LogP contribution in [-0.2, 0) is 10.2 Å². The fourth-order valence-corrected chi connectivity index (χ4v) is 1.72. The van der Waals surface area contributed by atoms with Crippen LogP contribution in [0.25, 0.3) is 6.20 Å². The van der Waals surface area contributed by atoms with Crippen molar-refractivity contribution in [3.05, 3.63) is 24.5 Å². The van der Waals surface area contributed by atoms with Crippen LogP contribution in [0.4, 0.5) is 0 Å². The fourth-order valence-electron chi connectivity index (χ4n) is 1.72. The maximum Gasteiger partial charge on any atom is 0.304 e. The van der Waals surface area contributed by atoms with Crippen molar-refractivity contribution in [2.24, 2.45) is 0 Å². The van der Waals surface area contributed by atoms with Crippen molar-refractivity contribution in [2.75, 3.05) is 0 Å². The summed E-state index contributed by atoms with van der Waals surface area (Å²) in [5.41, 5.74) is 0.868. The molecule has 4 nitrogen and oxygen atoms in total. The molecule has 4 heteroatoms. The Morgan fingerprint density at radius 1 is 1.79 bits per heavy atom. The van der Waals surface area contributed by atoms with Gasteiger partial charge in [0.05, 0.1) is 12.6 Å². The number of carbonyl (C=O) groups is 1. The minimum absolute atomic E-state index is 0.146. The third-order valence-electron chi connectivity index (χ3n) is 2.74. The molecule has 14 heavy (non-hydrogen) atoms. The molecule has 0 unspecified atom stereocenters. The van der Waals surface area contributed by atoms with Crippen LogP contribution in [0.1, 0.15) is 24.8 Å². The molecule has 1 heterocycles. The van der Waals surface area contributed by atoms with Crippen LogP contribution in [0.3, 0.4) is 0 Å². The van der Waals surface area contributed by atoms with Gasteiger partial charge in [0.15, 0.2) is 0 Å². The Balaban J connectivity index is 2.21. The molecule has 0 aromatic carbocycles. The van der Waals surface area contributed by atoms with E-state index in [4.69, 9.17) is 5.11 Å². The number of nitrogens with zero attached hydrogens (tertiary/aromatic N) is 2. The minimum atomic E-state index is -0.742. The molecule has 1 aliphatic rings. The van der Waals surface area contributed by atoms with Crippen LogP contribution in [-0.4, -0.2) is 20.9 Å². The van der Waals surface area contributed by atoms with Crippen molar-refractivity contribution in [1.29, 1.82) is 0 Å². The van der Waals surface area contributed by atoms with Crippen molar-refractivity contribution in [1.82, 2.24) is 9.78 Å². The lowest BCUT2D eigenvalue weighted by atomic mass is 9.96. The number of rotatable bonds is 4. The van der Waals surface area contributed by atoms with E-state index in [1.54, 1.807) is 17.1 Å². The second kappa shape index (κ2) is 2.97. The lowest BCUT2D eigenvalue weighted by Gasteiger charge is -2.08. The topological polar surface area (TPSA) is 55.1 Å². The first-order valence-electron chi connectivity index (χ1n) is 4.55. The highest BCUT2D eigenvalue weighted by Crippen LogP contribution is 2.50. The molecule has 0 saturated heterocycles. The molecule has 1 saturated carbocycles. The van der Waals surface area contributed by atoms with E-state index in [-0.39, 0.29) is 11.8 Å². The summed E-state index contributed by atoms with van der Waals surface area (Å²) in [4.78, 5) is 10.7. The summed E-state index contributed by atoms with van der Waals surface area (Å²) in [6.07, 6.45) is 7.28. The van der Waals surface area contributed by atoms with Crippen LogP contribution in [0.5, 0.6) is 0 Å². The SMILES string of the molecule is C=Cn1cc(C2(CC(=O)O)CC2)cn1.